The number of hydrogen-bond acceptors (Lipinski definition) is 3. The third kappa shape index (κ3) is 4.41. The van der Waals surface area contributed by atoms with Crippen molar-refractivity contribution >= 4 is 17.5 Å². The van der Waals surface area contributed by atoms with Crippen LogP contribution in [-0.4, -0.2) is 21.5 Å². The van der Waals surface area contributed by atoms with E-state index in [-0.39, 0.29) is 24.5 Å². The highest BCUT2D eigenvalue weighted by molar-refractivity contribution is 6.00. The number of nitrogens with zero attached hydrogens (tertiary/aromatic N) is 2. The maximum Gasteiger partial charge on any atom is 0.226 e. The van der Waals surface area contributed by atoms with Gasteiger partial charge in [0.2, 0.25) is 5.91 Å². The van der Waals surface area contributed by atoms with E-state index in [4.69, 9.17) is 0 Å². The van der Waals surface area contributed by atoms with Crippen LogP contribution in [0.25, 0.3) is 11.1 Å². The summed E-state index contributed by atoms with van der Waals surface area (Å²) < 4.78 is 1.61. The van der Waals surface area contributed by atoms with Gasteiger partial charge in [-0.3, -0.25) is 14.3 Å². The van der Waals surface area contributed by atoms with Gasteiger partial charge in [0.15, 0.2) is 11.6 Å². The number of benzene rings is 2. The Labute approximate surface area is 146 Å². The molecule has 0 fully saturated rings. The molecule has 3 rings (SSSR count). The van der Waals surface area contributed by atoms with Gasteiger partial charge in [-0.05, 0) is 11.1 Å². The Kier molecular flexibility index (Phi) is 5.04. The summed E-state index contributed by atoms with van der Waals surface area (Å²) in [4.78, 5) is 24.1. The van der Waals surface area contributed by atoms with Crippen LogP contribution in [0.5, 0.6) is 0 Å². The molecule has 2 aromatic carbocycles. The number of aryl methyl sites for hydroxylation is 1. The zero-order valence-corrected chi connectivity index (χ0v) is 14.0. The molecule has 1 heterocycles. The van der Waals surface area contributed by atoms with Crippen molar-refractivity contribution in [3.8, 4) is 11.1 Å². The zero-order valence-electron chi connectivity index (χ0n) is 14.0. The molecule has 0 aliphatic rings. The smallest absolute Gasteiger partial charge is 0.226 e. The fourth-order valence-electron chi connectivity index (χ4n) is 2.54. The van der Waals surface area contributed by atoms with E-state index in [2.05, 4.69) is 10.4 Å². The maximum absolute atomic E-state index is 12.3. The summed E-state index contributed by atoms with van der Waals surface area (Å²) in [5, 5.41) is 6.75. The van der Waals surface area contributed by atoms with Crippen molar-refractivity contribution in [2.24, 2.45) is 7.05 Å². The highest BCUT2D eigenvalue weighted by atomic mass is 16.2. The second-order valence-electron chi connectivity index (χ2n) is 5.79. The van der Waals surface area contributed by atoms with Gasteiger partial charge in [0.1, 0.15) is 0 Å². The molecule has 0 bridgehead atoms. The number of hydrogen-bond donors (Lipinski definition) is 1. The summed E-state index contributed by atoms with van der Waals surface area (Å²) in [6, 6.07) is 19.2. The summed E-state index contributed by atoms with van der Waals surface area (Å²) in [7, 11) is 1.78. The van der Waals surface area contributed by atoms with Crippen molar-refractivity contribution in [1.29, 1.82) is 0 Å². The van der Waals surface area contributed by atoms with Crippen LogP contribution in [0.15, 0.2) is 66.9 Å². The van der Waals surface area contributed by atoms with Crippen molar-refractivity contribution in [1.82, 2.24) is 9.78 Å². The molecule has 0 radical (unpaired) electrons. The first-order valence-corrected chi connectivity index (χ1v) is 8.10. The number of ketones is 1. The van der Waals surface area contributed by atoms with Gasteiger partial charge < -0.3 is 5.32 Å². The molecule has 1 amide bonds. The zero-order chi connectivity index (χ0) is 17.6. The maximum atomic E-state index is 12.3. The molecular formula is C20H19N3O2. The molecule has 0 spiro atoms. The van der Waals surface area contributed by atoms with E-state index in [0.29, 0.717) is 11.4 Å². The number of carbonyl (C=O) groups excluding carboxylic acids is 2. The summed E-state index contributed by atoms with van der Waals surface area (Å²) in [5.41, 5.74) is 2.78. The molecule has 0 atom stereocenters. The second kappa shape index (κ2) is 7.57. The van der Waals surface area contributed by atoms with E-state index in [0.717, 1.165) is 11.1 Å². The molecule has 3 aromatic rings. The van der Waals surface area contributed by atoms with Gasteiger partial charge in [-0.25, -0.2) is 0 Å². The van der Waals surface area contributed by atoms with Crippen LogP contribution >= 0.6 is 0 Å². The molecule has 0 unspecified atom stereocenters. The van der Waals surface area contributed by atoms with Crippen molar-refractivity contribution in [3.63, 3.8) is 0 Å². The van der Waals surface area contributed by atoms with Crippen LogP contribution in [0.1, 0.15) is 23.2 Å². The van der Waals surface area contributed by atoms with E-state index >= 15 is 0 Å². The third-order valence-corrected chi connectivity index (χ3v) is 3.87. The van der Waals surface area contributed by atoms with E-state index in [1.807, 2.05) is 42.5 Å². The van der Waals surface area contributed by atoms with Crippen molar-refractivity contribution in [3.05, 3.63) is 72.4 Å². The molecule has 1 N–H and O–H groups in total. The number of aromatic nitrogens is 2. The fraction of sp³-hybridized carbons (Fsp3) is 0.150. The molecule has 0 saturated heterocycles. The molecule has 1 aromatic heterocycles. The monoisotopic (exact) mass is 333 g/mol. The molecule has 0 aliphatic carbocycles. The van der Waals surface area contributed by atoms with E-state index in [9.17, 15) is 9.59 Å². The average Bonchev–Trinajstić information content (AvgIpc) is 3.05. The number of Topliss-reactive ketones (excluding diaryl/α,β-unsaturated/α-hetero) is 1. The SMILES string of the molecule is Cn1ccc(NC(=O)CCC(=O)c2ccc(-c3ccccc3)cc2)n1. The second-order valence-corrected chi connectivity index (χ2v) is 5.79. The van der Waals surface area contributed by atoms with Gasteiger partial charge in [-0.1, -0.05) is 54.6 Å². The van der Waals surface area contributed by atoms with Crippen LogP contribution in [0.4, 0.5) is 5.82 Å². The number of carbonyl (C=O) groups is 2. The van der Waals surface area contributed by atoms with Crippen LogP contribution in [0.3, 0.4) is 0 Å². The number of amides is 1. The summed E-state index contributed by atoms with van der Waals surface area (Å²) in [5.74, 6) is 0.232. The Morgan fingerprint density at radius 3 is 2.24 bits per heavy atom. The first-order valence-electron chi connectivity index (χ1n) is 8.10. The fourth-order valence-corrected chi connectivity index (χ4v) is 2.54. The summed E-state index contributed by atoms with van der Waals surface area (Å²) >= 11 is 0. The molecule has 25 heavy (non-hydrogen) atoms. The third-order valence-electron chi connectivity index (χ3n) is 3.87. The lowest BCUT2D eigenvalue weighted by Gasteiger charge is -2.05. The van der Waals surface area contributed by atoms with Crippen molar-refractivity contribution in [2.75, 3.05) is 5.32 Å². The van der Waals surface area contributed by atoms with E-state index in [1.165, 1.54) is 0 Å². The highest BCUT2D eigenvalue weighted by Gasteiger charge is 2.10. The average molecular weight is 333 g/mol. The normalized spacial score (nSPS) is 10.4. The number of nitrogens with one attached hydrogen (secondary N) is 1. The Balaban J connectivity index is 1.55. The Morgan fingerprint density at radius 2 is 1.60 bits per heavy atom. The number of anilines is 1. The highest BCUT2D eigenvalue weighted by Crippen LogP contribution is 2.20. The molecule has 5 heteroatoms. The van der Waals surface area contributed by atoms with Gasteiger partial charge in [-0.15, -0.1) is 0 Å². The largest absolute Gasteiger partial charge is 0.309 e. The summed E-state index contributed by atoms with van der Waals surface area (Å²) in [6.07, 6.45) is 2.05. The Hall–Kier alpha value is -3.21. The molecule has 126 valence electrons. The molecule has 0 saturated carbocycles. The van der Waals surface area contributed by atoms with Crippen LogP contribution in [-0.2, 0) is 11.8 Å². The Bertz CT molecular complexity index is 867. The van der Waals surface area contributed by atoms with Crippen LogP contribution < -0.4 is 5.32 Å². The first kappa shape index (κ1) is 16.6. The molecule has 0 aliphatic heterocycles. The minimum absolute atomic E-state index is 0.0456. The predicted molar refractivity (Wildman–Crippen MR) is 97.3 cm³/mol. The number of rotatable bonds is 6. The standard InChI is InChI=1S/C20H19N3O2/c1-23-14-13-19(22-23)21-20(25)12-11-18(24)17-9-7-16(8-10-17)15-5-3-2-4-6-15/h2-10,13-14H,11-12H2,1H3,(H,21,22,25). The quantitative estimate of drug-likeness (QED) is 0.700. The lowest BCUT2D eigenvalue weighted by atomic mass is 10.0. The first-order chi connectivity index (χ1) is 12.1. The Morgan fingerprint density at radius 1 is 0.920 bits per heavy atom. The topological polar surface area (TPSA) is 64.0 Å². The lowest BCUT2D eigenvalue weighted by molar-refractivity contribution is -0.116. The van der Waals surface area contributed by atoms with Gasteiger partial charge >= 0.3 is 0 Å². The van der Waals surface area contributed by atoms with E-state index in [1.54, 1.807) is 36.1 Å². The van der Waals surface area contributed by atoms with Gasteiger partial charge in [0, 0.05) is 37.7 Å². The summed E-state index contributed by atoms with van der Waals surface area (Å²) in [6.45, 7) is 0. The van der Waals surface area contributed by atoms with Crippen molar-refractivity contribution in [2.45, 2.75) is 12.8 Å². The lowest BCUT2D eigenvalue weighted by Crippen LogP contribution is -2.14. The minimum Gasteiger partial charge on any atom is -0.309 e. The predicted octanol–water partition coefficient (Wildman–Crippen LogP) is 3.69. The van der Waals surface area contributed by atoms with Crippen LogP contribution in [0.2, 0.25) is 0 Å². The minimum atomic E-state index is -0.215. The van der Waals surface area contributed by atoms with Gasteiger partial charge in [-0.2, -0.15) is 5.10 Å². The molecular weight excluding hydrogens is 314 g/mol. The van der Waals surface area contributed by atoms with Gasteiger partial charge in [0.25, 0.3) is 0 Å². The van der Waals surface area contributed by atoms with E-state index < -0.39 is 0 Å². The molecule has 5 nitrogen and oxygen atoms in total. The van der Waals surface area contributed by atoms with Gasteiger partial charge in [0.05, 0.1) is 0 Å². The van der Waals surface area contributed by atoms with Crippen LogP contribution in [0, 0.1) is 0 Å². The van der Waals surface area contributed by atoms with Crippen molar-refractivity contribution < 1.29 is 9.59 Å².